The Morgan fingerprint density at radius 3 is 2.47 bits per heavy atom. The van der Waals surface area contributed by atoms with Crippen LogP contribution in [0.4, 0.5) is 0 Å². The van der Waals surface area contributed by atoms with Crippen molar-refractivity contribution < 1.29 is 9.84 Å². The molecule has 0 bridgehead atoms. The van der Waals surface area contributed by atoms with Gasteiger partial charge in [-0.15, -0.1) is 0 Å². The van der Waals surface area contributed by atoms with Crippen LogP contribution in [0.5, 0.6) is 5.88 Å². The molecular formula is C11H16N4O4. The lowest BCUT2D eigenvalue weighted by atomic mass is 10.3. The van der Waals surface area contributed by atoms with Gasteiger partial charge in [0.05, 0.1) is 32.5 Å². The van der Waals surface area contributed by atoms with E-state index in [9.17, 15) is 14.7 Å². The molecule has 0 atom stereocenters. The summed E-state index contributed by atoms with van der Waals surface area (Å²) in [6, 6.07) is 0. The van der Waals surface area contributed by atoms with Crippen LogP contribution in [0.2, 0.25) is 0 Å². The monoisotopic (exact) mass is 268 g/mol. The third kappa shape index (κ3) is 2.53. The minimum Gasteiger partial charge on any atom is -0.494 e. The molecule has 0 unspecified atom stereocenters. The van der Waals surface area contributed by atoms with Crippen molar-refractivity contribution >= 4 is 6.21 Å². The van der Waals surface area contributed by atoms with Crippen molar-refractivity contribution in [1.29, 1.82) is 0 Å². The van der Waals surface area contributed by atoms with Gasteiger partial charge in [0.15, 0.2) is 0 Å². The summed E-state index contributed by atoms with van der Waals surface area (Å²) in [5.41, 5.74) is -1.15. The standard InChI is InChI=1S/C11H16N4O4/c1-13-9(16)8(10(17)14(2)11(13)18)7-12-15-3-5-19-6-4-15/h7,16H,3-6H2,1-2H3. The van der Waals surface area contributed by atoms with Crippen molar-refractivity contribution in [2.24, 2.45) is 19.2 Å². The fraction of sp³-hybridized carbons (Fsp3) is 0.545. The molecule has 104 valence electrons. The van der Waals surface area contributed by atoms with Crippen LogP contribution in [0, 0.1) is 0 Å². The zero-order valence-electron chi connectivity index (χ0n) is 10.9. The maximum absolute atomic E-state index is 11.9. The zero-order valence-corrected chi connectivity index (χ0v) is 10.9. The molecule has 0 radical (unpaired) electrons. The first kappa shape index (κ1) is 13.3. The summed E-state index contributed by atoms with van der Waals surface area (Å²) < 4.78 is 7.11. The maximum atomic E-state index is 11.9. The molecule has 0 aliphatic carbocycles. The molecule has 8 nitrogen and oxygen atoms in total. The van der Waals surface area contributed by atoms with E-state index in [0.29, 0.717) is 26.3 Å². The molecule has 19 heavy (non-hydrogen) atoms. The Morgan fingerprint density at radius 1 is 1.21 bits per heavy atom. The topological polar surface area (TPSA) is 89.1 Å². The van der Waals surface area contributed by atoms with Gasteiger partial charge >= 0.3 is 5.69 Å². The SMILES string of the molecule is Cn1c(O)c(C=NN2CCOCC2)c(=O)n(C)c1=O. The third-order valence-electron chi connectivity index (χ3n) is 3.01. The van der Waals surface area contributed by atoms with E-state index in [-0.39, 0.29) is 11.4 Å². The number of aromatic hydroxyl groups is 1. The average molecular weight is 268 g/mol. The second-order valence-corrected chi connectivity index (χ2v) is 4.25. The molecule has 1 N–H and O–H groups in total. The van der Waals surface area contributed by atoms with Gasteiger partial charge in [0.2, 0.25) is 5.88 Å². The zero-order chi connectivity index (χ0) is 14.0. The lowest BCUT2D eigenvalue weighted by molar-refractivity contribution is 0.0396. The summed E-state index contributed by atoms with van der Waals surface area (Å²) >= 11 is 0. The Balaban J connectivity index is 2.37. The van der Waals surface area contributed by atoms with E-state index in [0.717, 1.165) is 9.13 Å². The molecule has 2 heterocycles. The molecule has 1 aliphatic heterocycles. The number of hydrazone groups is 1. The quantitative estimate of drug-likeness (QED) is 0.656. The normalized spacial score (nSPS) is 16.2. The number of hydrogen-bond donors (Lipinski definition) is 1. The van der Waals surface area contributed by atoms with E-state index >= 15 is 0 Å². The van der Waals surface area contributed by atoms with Crippen molar-refractivity contribution in [3.8, 4) is 5.88 Å². The van der Waals surface area contributed by atoms with Gasteiger partial charge in [-0.2, -0.15) is 5.10 Å². The number of hydrogen-bond acceptors (Lipinski definition) is 6. The maximum Gasteiger partial charge on any atom is 0.333 e. The molecule has 1 aliphatic rings. The van der Waals surface area contributed by atoms with Gasteiger partial charge in [0.25, 0.3) is 5.56 Å². The van der Waals surface area contributed by atoms with Gasteiger partial charge in [-0.1, -0.05) is 0 Å². The predicted octanol–water partition coefficient (Wildman–Crippen LogP) is -1.54. The van der Waals surface area contributed by atoms with Crippen LogP contribution in [-0.2, 0) is 18.8 Å². The molecule has 0 aromatic carbocycles. The van der Waals surface area contributed by atoms with Crippen LogP contribution in [0.3, 0.4) is 0 Å². The fourth-order valence-electron chi connectivity index (χ4n) is 1.78. The number of ether oxygens (including phenoxy) is 1. The van der Waals surface area contributed by atoms with E-state index in [1.807, 2.05) is 0 Å². The van der Waals surface area contributed by atoms with Gasteiger partial charge < -0.3 is 9.84 Å². The van der Waals surface area contributed by atoms with Crippen LogP contribution < -0.4 is 11.2 Å². The molecule has 1 aromatic rings. The van der Waals surface area contributed by atoms with E-state index in [4.69, 9.17) is 4.74 Å². The highest BCUT2D eigenvalue weighted by atomic mass is 16.5. The second-order valence-electron chi connectivity index (χ2n) is 4.25. The summed E-state index contributed by atoms with van der Waals surface area (Å²) in [4.78, 5) is 23.5. The minimum absolute atomic E-state index is 0.00362. The summed E-state index contributed by atoms with van der Waals surface area (Å²) in [7, 11) is 2.75. The highest BCUT2D eigenvalue weighted by Crippen LogP contribution is 2.06. The van der Waals surface area contributed by atoms with Crippen LogP contribution in [0.1, 0.15) is 5.56 Å². The van der Waals surface area contributed by atoms with Crippen molar-refractivity contribution in [2.45, 2.75) is 0 Å². The first-order chi connectivity index (χ1) is 9.02. The highest BCUT2D eigenvalue weighted by molar-refractivity contribution is 5.81. The number of aromatic nitrogens is 2. The molecule has 0 amide bonds. The Kier molecular flexibility index (Phi) is 3.70. The molecule has 1 saturated heterocycles. The second kappa shape index (κ2) is 5.27. The lowest BCUT2D eigenvalue weighted by Gasteiger charge is -2.23. The molecule has 8 heteroatoms. The summed E-state index contributed by atoms with van der Waals surface area (Å²) in [5, 5.41) is 15.7. The van der Waals surface area contributed by atoms with Crippen LogP contribution in [-0.4, -0.2) is 51.8 Å². The third-order valence-corrected chi connectivity index (χ3v) is 3.01. The van der Waals surface area contributed by atoms with Crippen LogP contribution in [0.25, 0.3) is 0 Å². The number of rotatable bonds is 2. The first-order valence-corrected chi connectivity index (χ1v) is 5.88. The lowest BCUT2D eigenvalue weighted by Crippen LogP contribution is -2.39. The van der Waals surface area contributed by atoms with Gasteiger partial charge in [-0.25, -0.2) is 4.79 Å². The fourth-order valence-corrected chi connectivity index (χ4v) is 1.78. The van der Waals surface area contributed by atoms with Crippen molar-refractivity contribution in [3.63, 3.8) is 0 Å². The Morgan fingerprint density at radius 2 is 1.84 bits per heavy atom. The minimum atomic E-state index is -0.578. The van der Waals surface area contributed by atoms with Crippen LogP contribution >= 0.6 is 0 Å². The Hall–Kier alpha value is -2.09. The van der Waals surface area contributed by atoms with Gasteiger partial charge in [0, 0.05) is 14.1 Å². The summed E-state index contributed by atoms with van der Waals surface area (Å²) in [5.74, 6) is -0.384. The molecular weight excluding hydrogens is 252 g/mol. The molecule has 0 saturated carbocycles. The Labute approximate surface area is 109 Å². The largest absolute Gasteiger partial charge is 0.494 e. The van der Waals surface area contributed by atoms with Crippen LogP contribution in [0.15, 0.2) is 14.7 Å². The van der Waals surface area contributed by atoms with Gasteiger partial charge in [-0.05, 0) is 0 Å². The molecule has 0 spiro atoms. The van der Waals surface area contributed by atoms with E-state index < -0.39 is 11.2 Å². The van der Waals surface area contributed by atoms with Crippen molar-refractivity contribution in [1.82, 2.24) is 14.1 Å². The Bertz CT molecular complexity index is 610. The van der Waals surface area contributed by atoms with Gasteiger partial charge in [-0.3, -0.25) is 18.9 Å². The van der Waals surface area contributed by atoms with Crippen molar-refractivity contribution in [2.75, 3.05) is 26.3 Å². The van der Waals surface area contributed by atoms with E-state index in [2.05, 4.69) is 5.10 Å². The smallest absolute Gasteiger partial charge is 0.333 e. The summed E-state index contributed by atoms with van der Waals surface area (Å²) in [6.45, 7) is 2.41. The average Bonchev–Trinajstić information content (AvgIpc) is 2.44. The predicted molar refractivity (Wildman–Crippen MR) is 68.6 cm³/mol. The number of morpholine rings is 1. The molecule has 1 aromatic heterocycles. The van der Waals surface area contributed by atoms with E-state index in [1.54, 1.807) is 5.01 Å². The highest BCUT2D eigenvalue weighted by Gasteiger charge is 2.14. The first-order valence-electron chi connectivity index (χ1n) is 5.88. The van der Waals surface area contributed by atoms with Crippen molar-refractivity contribution in [3.05, 3.63) is 26.4 Å². The summed E-state index contributed by atoms with van der Waals surface area (Å²) in [6.07, 6.45) is 1.28. The molecule has 1 fully saturated rings. The molecule has 2 rings (SSSR count). The van der Waals surface area contributed by atoms with Gasteiger partial charge in [0.1, 0.15) is 5.56 Å². The number of nitrogens with zero attached hydrogens (tertiary/aromatic N) is 4. The van der Waals surface area contributed by atoms with E-state index in [1.165, 1.54) is 20.3 Å².